The summed E-state index contributed by atoms with van der Waals surface area (Å²) >= 11 is 0. The Morgan fingerprint density at radius 2 is 1.97 bits per heavy atom. The zero-order valence-corrected chi connectivity index (χ0v) is 18.1. The van der Waals surface area contributed by atoms with Gasteiger partial charge < -0.3 is 4.90 Å². The topological polar surface area (TPSA) is 79.2 Å². The van der Waals surface area contributed by atoms with E-state index in [1.54, 1.807) is 6.20 Å². The number of ketones is 1. The minimum absolute atomic E-state index is 0.0639. The summed E-state index contributed by atoms with van der Waals surface area (Å²) < 4.78 is 1.84. The van der Waals surface area contributed by atoms with Crippen LogP contribution in [0.2, 0.25) is 0 Å². The number of benzene rings is 1. The molecule has 7 nitrogen and oxygen atoms in total. The lowest BCUT2D eigenvalue weighted by Crippen LogP contribution is -2.32. The van der Waals surface area contributed by atoms with Gasteiger partial charge in [-0.25, -0.2) is 4.98 Å². The molecule has 0 radical (unpaired) electrons. The highest BCUT2D eigenvalue weighted by molar-refractivity contribution is 5.97. The number of carbonyl (C=O) groups excluding carboxylic acids is 1. The third-order valence-corrected chi connectivity index (χ3v) is 5.93. The van der Waals surface area contributed by atoms with Crippen LogP contribution < -0.4 is 4.90 Å². The molecule has 0 fully saturated rings. The maximum Gasteiger partial charge on any atom is 0.168 e. The number of rotatable bonds is 4. The second-order valence-corrected chi connectivity index (χ2v) is 9.18. The summed E-state index contributed by atoms with van der Waals surface area (Å²) in [6.45, 7) is 8.12. The lowest BCUT2D eigenvalue weighted by molar-refractivity contribution is 0.0992. The Morgan fingerprint density at radius 3 is 2.74 bits per heavy atom. The van der Waals surface area contributed by atoms with Crippen LogP contribution in [0.4, 0.5) is 5.82 Å². The van der Waals surface area contributed by atoms with Crippen molar-refractivity contribution in [1.82, 2.24) is 24.8 Å². The Hall–Kier alpha value is -3.48. The summed E-state index contributed by atoms with van der Waals surface area (Å²) in [4.78, 5) is 19.9. The smallest absolute Gasteiger partial charge is 0.168 e. The number of anilines is 1. The number of nitrogens with zero attached hydrogens (tertiary/aromatic N) is 5. The van der Waals surface area contributed by atoms with Crippen LogP contribution in [0.15, 0.2) is 48.8 Å². The molecule has 0 aliphatic carbocycles. The maximum absolute atomic E-state index is 13.0. The molecule has 1 aliphatic rings. The average Bonchev–Trinajstić information content (AvgIpc) is 3.41. The van der Waals surface area contributed by atoms with Gasteiger partial charge in [-0.1, -0.05) is 45.0 Å². The largest absolute Gasteiger partial charge is 0.352 e. The first-order valence-electron chi connectivity index (χ1n) is 10.6. The van der Waals surface area contributed by atoms with Gasteiger partial charge in [0, 0.05) is 48.5 Å². The molecule has 7 heteroatoms. The van der Waals surface area contributed by atoms with Gasteiger partial charge in [0.25, 0.3) is 0 Å². The molecule has 0 bridgehead atoms. The first-order chi connectivity index (χ1) is 14.9. The number of aromatic nitrogens is 5. The summed E-state index contributed by atoms with van der Waals surface area (Å²) in [5.41, 5.74) is 5.89. The molecule has 0 atom stereocenters. The van der Waals surface area contributed by atoms with E-state index in [4.69, 9.17) is 0 Å². The number of fused-ring (bicyclic) bond motifs is 2. The molecule has 0 amide bonds. The number of nitrogens with one attached hydrogen (secondary N) is 1. The van der Waals surface area contributed by atoms with Crippen molar-refractivity contribution < 1.29 is 4.79 Å². The normalized spacial score (nSPS) is 14.1. The van der Waals surface area contributed by atoms with E-state index < -0.39 is 0 Å². The molecule has 0 unspecified atom stereocenters. The predicted molar refractivity (Wildman–Crippen MR) is 120 cm³/mol. The first kappa shape index (κ1) is 19.5. The molecule has 4 heterocycles. The number of aromatic amines is 1. The Kier molecular flexibility index (Phi) is 4.61. The second-order valence-electron chi connectivity index (χ2n) is 9.18. The molecular weight excluding hydrogens is 388 g/mol. The molecule has 3 aromatic heterocycles. The third kappa shape index (κ3) is 3.71. The summed E-state index contributed by atoms with van der Waals surface area (Å²) in [5, 5.41) is 11.7. The summed E-state index contributed by atoms with van der Waals surface area (Å²) in [6, 6.07) is 11.8. The van der Waals surface area contributed by atoms with Crippen molar-refractivity contribution in [3.05, 3.63) is 76.9 Å². The minimum Gasteiger partial charge on any atom is -0.352 e. The Balaban J connectivity index is 1.42. The van der Waals surface area contributed by atoms with Gasteiger partial charge in [-0.3, -0.25) is 9.89 Å². The van der Waals surface area contributed by atoms with Crippen LogP contribution in [0.25, 0.3) is 5.65 Å². The Bertz CT molecular complexity index is 1250. The van der Waals surface area contributed by atoms with Crippen molar-refractivity contribution in [2.75, 3.05) is 11.4 Å². The van der Waals surface area contributed by atoms with Crippen LogP contribution in [0.3, 0.4) is 0 Å². The molecule has 1 N–H and O–H groups in total. The fraction of sp³-hybridized carbons (Fsp3) is 0.333. The van der Waals surface area contributed by atoms with Gasteiger partial charge in [-0.05, 0) is 11.0 Å². The summed E-state index contributed by atoms with van der Waals surface area (Å²) in [7, 11) is 0. The molecule has 1 aliphatic heterocycles. The van der Waals surface area contributed by atoms with Crippen molar-refractivity contribution >= 4 is 17.2 Å². The molecule has 0 saturated carbocycles. The Labute approximate surface area is 181 Å². The van der Waals surface area contributed by atoms with Gasteiger partial charge >= 0.3 is 0 Å². The fourth-order valence-electron chi connectivity index (χ4n) is 4.10. The number of hydrogen-bond acceptors (Lipinski definition) is 5. The van der Waals surface area contributed by atoms with Gasteiger partial charge in [0.05, 0.1) is 24.5 Å². The van der Waals surface area contributed by atoms with Gasteiger partial charge in [0.2, 0.25) is 0 Å². The molecule has 158 valence electrons. The van der Waals surface area contributed by atoms with Gasteiger partial charge in [0.15, 0.2) is 11.4 Å². The Morgan fingerprint density at radius 1 is 1.16 bits per heavy atom. The molecule has 0 spiro atoms. The zero-order chi connectivity index (χ0) is 21.6. The molecule has 31 heavy (non-hydrogen) atoms. The third-order valence-electron chi connectivity index (χ3n) is 5.93. The lowest BCUT2D eigenvalue weighted by atomic mass is 9.86. The van der Waals surface area contributed by atoms with E-state index in [0.717, 1.165) is 36.7 Å². The highest BCUT2D eigenvalue weighted by atomic mass is 16.1. The van der Waals surface area contributed by atoms with Crippen molar-refractivity contribution in [2.24, 2.45) is 0 Å². The van der Waals surface area contributed by atoms with Crippen LogP contribution in [0.1, 0.15) is 53.6 Å². The number of carbonyl (C=O) groups is 1. The van der Waals surface area contributed by atoms with Crippen molar-refractivity contribution in [3.63, 3.8) is 0 Å². The van der Waals surface area contributed by atoms with E-state index in [9.17, 15) is 4.79 Å². The van der Waals surface area contributed by atoms with Crippen LogP contribution in [0.5, 0.6) is 0 Å². The quantitative estimate of drug-likeness (QED) is 0.515. The van der Waals surface area contributed by atoms with E-state index >= 15 is 0 Å². The van der Waals surface area contributed by atoms with E-state index in [1.807, 2.05) is 47.1 Å². The molecule has 0 saturated heterocycles. The van der Waals surface area contributed by atoms with E-state index in [1.165, 1.54) is 16.8 Å². The van der Waals surface area contributed by atoms with Crippen molar-refractivity contribution in [1.29, 1.82) is 0 Å². The van der Waals surface area contributed by atoms with Gasteiger partial charge in [-0.2, -0.15) is 14.7 Å². The van der Waals surface area contributed by atoms with Crippen molar-refractivity contribution in [3.8, 4) is 0 Å². The highest BCUT2D eigenvalue weighted by Gasteiger charge is 2.22. The van der Waals surface area contributed by atoms with Gasteiger partial charge in [0.1, 0.15) is 5.82 Å². The van der Waals surface area contributed by atoms with Crippen molar-refractivity contribution in [2.45, 2.75) is 45.6 Å². The maximum atomic E-state index is 13.0. The monoisotopic (exact) mass is 414 g/mol. The van der Waals surface area contributed by atoms with Gasteiger partial charge in [-0.15, -0.1) is 0 Å². The number of Topliss-reactive ketones (excluding diaryl/α,β-unsaturated/α-hetero) is 1. The number of hydrogen-bond donors (Lipinski definition) is 1. The van der Waals surface area contributed by atoms with Crippen LogP contribution in [-0.4, -0.2) is 37.1 Å². The lowest BCUT2D eigenvalue weighted by Gasteiger charge is -2.28. The number of H-pyrrole nitrogens is 1. The predicted octanol–water partition coefficient (Wildman–Crippen LogP) is 3.74. The van der Waals surface area contributed by atoms with Crippen LogP contribution in [-0.2, 0) is 24.8 Å². The standard InChI is InChI=1S/C24H26N6O/c1-24(2,3)18-6-4-16(5-7-18)21(31)12-19-13-23(30-22(27-19)8-10-26-30)29-11-9-20-17(15-29)14-25-28-20/h4-8,10,13-14H,9,11-12,15H2,1-3H3,(H,25,28). The molecule has 4 aromatic rings. The molecule has 1 aromatic carbocycles. The molecular formula is C24H26N6O. The summed E-state index contributed by atoms with van der Waals surface area (Å²) in [5.74, 6) is 1.02. The average molecular weight is 415 g/mol. The van der Waals surface area contributed by atoms with E-state index in [0.29, 0.717) is 5.56 Å². The first-order valence-corrected chi connectivity index (χ1v) is 10.6. The van der Waals surface area contributed by atoms with Crippen LogP contribution in [0, 0.1) is 0 Å². The van der Waals surface area contributed by atoms with E-state index in [2.05, 4.69) is 46.0 Å². The highest BCUT2D eigenvalue weighted by Crippen LogP contribution is 2.25. The molecule has 5 rings (SSSR count). The second kappa shape index (κ2) is 7.34. The summed E-state index contributed by atoms with van der Waals surface area (Å²) in [6.07, 6.45) is 4.79. The SMILES string of the molecule is CC(C)(C)c1ccc(C(=O)Cc2cc(N3CCc4[nH]ncc4C3)n3nccc3n2)cc1. The zero-order valence-electron chi connectivity index (χ0n) is 18.1. The van der Waals surface area contributed by atoms with Crippen LogP contribution >= 0.6 is 0 Å². The fourth-order valence-corrected chi connectivity index (χ4v) is 4.10. The minimum atomic E-state index is 0.0639. The van der Waals surface area contributed by atoms with E-state index in [-0.39, 0.29) is 17.6 Å².